The minimum atomic E-state index is 0.343. The van der Waals surface area contributed by atoms with E-state index in [0.717, 1.165) is 24.6 Å². The maximum absolute atomic E-state index is 5.79. The fourth-order valence-electron chi connectivity index (χ4n) is 2.31. The molecule has 0 atom stereocenters. The van der Waals surface area contributed by atoms with Gasteiger partial charge in [-0.3, -0.25) is 4.98 Å². The van der Waals surface area contributed by atoms with Crippen molar-refractivity contribution in [1.82, 2.24) is 9.29 Å². The van der Waals surface area contributed by atoms with E-state index in [1.54, 1.807) is 12.4 Å². The van der Waals surface area contributed by atoms with Crippen LogP contribution < -0.4 is 4.74 Å². The molecule has 0 bridgehead atoms. The summed E-state index contributed by atoms with van der Waals surface area (Å²) < 4.78 is 8.59. The molecule has 116 valence electrons. The van der Waals surface area contributed by atoms with Crippen LogP contribution in [0, 0.1) is 0 Å². The van der Waals surface area contributed by atoms with Gasteiger partial charge in [0, 0.05) is 40.9 Å². The Morgan fingerprint density at radius 1 is 1.09 bits per heavy atom. The van der Waals surface area contributed by atoms with Gasteiger partial charge in [0.2, 0.25) is 0 Å². The first-order valence-electron chi connectivity index (χ1n) is 7.36. The first kappa shape index (κ1) is 15.7. The normalized spacial score (nSPS) is 18.1. The standard InChI is InChI=1S/C17H20N2OS2/c1-17(2)13-19(11-12-21-17)22-16-5-3-14(4-6-16)20-15-7-9-18-10-8-15/h3-10H,11-13H2,1-2H3. The lowest BCUT2D eigenvalue weighted by Crippen LogP contribution is -2.39. The van der Waals surface area contributed by atoms with Crippen LogP contribution in [0.4, 0.5) is 0 Å². The number of ether oxygens (including phenoxy) is 1. The van der Waals surface area contributed by atoms with Crippen LogP contribution >= 0.6 is 23.7 Å². The Morgan fingerprint density at radius 2 is 1.77 bits per heavy atom. The molecule has 1 aromatic carbocycles. The maximum Gasteiger partial charge on any atom is 0.130 e. The molecule has 0 spiro atoms. The summed E-state index contributed by atoms with van der Waals surface area (Å²) in [5.41, 5.74) is 0. The van der Waals surface area contributed by atoms with Gasteiger partial charge < -0.3 is 4.74 Å². The van der Waals surface area contributed by atoms with Crippen LogP contribution in [0.25, 0.3) is 0 Å². The molecule has 2 heterocycles. The Balaban J connectivity index is 1.60. The van der Waals surface area contributed by atoms with Crippen LogP contribution in [0.2, 0.25) is 0 Å². The van der Waals surface area contributed by atoms with E-state index in [0.29, 0.717) is 4.75 Å². The largest absolute Gasteiger partial charge is 0.457 e. The minimum absolute atomic E-state index is 0.343. The molecule has 0 N–H and O–H groups in total. The average Bonchev–Trinajstić information content (AvgIpc) is 2.49. The number of nitrogens with zero attached hydrogens (tertiary/aromatic N) is 2. The van der Waals surface area contributed by atoms with Crippen LogP contribution in [-0.2, 0) is 0 Å². The molecule has 1 saturated heterocycles. The van der Waals surface area contributed by atoms with Crippen molar-refractivity contribution < 1.29 is 4.74 Å². The lowest BCUT2D eigenvalue weighted by atomic mass is 10.2. The molecular weight excluding hydrogens is 312 g/mol. The molecule has 22 heavy (non-hydrogen) atoms. The van der Waals surface area contributed by atoms with Crippen molar-refractivity contribution in [2.45, 2.75) is 23.5 Å². The molecule has 0 unspecified atom stereocenters. The summed E-state index contributed by atoms with van der Waals surface area (Å²) in [7, 11) is 0. The van der Waals surface area contributed by atoms with Gasteiger partial charge in [-0.05, 0) is 62.2 Å². The second kappa shape index (κ2) is 6.94. The van der Waals surface area contributed by atoms with E-state index < -0.39 is 0 Å². The molecule has 0 saturated carbocycles. The van der Waals surface area contributed by atoms with Gasteiger partial charge in [-0.15, -0.1) is 0 Å². The van der Waals surface area contributed by atoms with Gasteiger partial charge in [-0.25, -0.2) is 4.31 Å². The van der Waals surface area contributed by atoms with Crippen molar-refractivity contribution in [3.63, 3.8) is 0 Å². The van der Waals surface area contributed by atoms with E-state index in [-0.39, 0.29) is 0 Å². The molecule has 1 aliphatic heterocycles. The Hall–Kier alpha value is -1.17. The zero-order valence-corrected chi connectivity index (χ0v) is 14.5. The molecule has 3 nitrogen and oxygen atoms in total. The van der Waals surface area contributed by atoms with Crippen LogP contribution in [0.1, 0.15) is 13.8 Å². The SMILES string of the molecule is CC1(C)CN(Sc2ccc(Oc3ccncc3)cc2)CCS1. The number of hydrogen-bond acceptors (Lipinski definition) is 5. The topological polar surface area (TPSA) is 25.4 Å². The fourth-order valence-corrected chi connectivity index (χ4v) is 4.75. The van der Waals surface area contributed by atoms with Crippen molar-refractivity contribution in [2.75, 3.05) is 18.8 Å². The van der Waals surface area contributed by atoms with Gasteiger partial charge in [-0.2, -0.15) is 11.8 Å². The number of thioether (sulfide) groups is 1. The highest BCUT2D eigenvalue weighted by Crippen LogP contribution is 2.35. The van der Waals surface area contributed by atoms with Gasteiger partial charge in [0.15, 0.2) is 0 Å². The second-order valence-corrected chi connectivity index (χ2v) is 8.79. The number of rotatable bonds is 4. The Bertz CT molecular complexity index is 602. The number of hydrogen-bond donors (Lipinski definition) is 0. The summed E-state index contributed by atoms with van der Waals surface area (Å²) in [6, 6.07) is 12.0. The predicted octanol–water partition coefficient (Wildman–Crippen LogP) is 4.71. The predicted molar refractivity (Wildman–Crippen MR) is 94.7 cm³/mol. The molecule has 1 fully saturated rings. The van der Waals surface area contributed by atoms with Crippen LogP contribution in [-0.4, -0.2) is 32.9 Å². The Labute approximate surface area is 140 Å². The summed E-state index contributed by atoms with van der Waals surface area (Å²) in [6.45, 7) is 6.87. The third-order valence-electron chi connectivity index (χ3n) is 3.33. The van der Waals surface area contributed by atoms with E-state index in [9.17, 15) is 0 Å². The molecule has 1 aromatic heterocycles. The molecule has 5 heteroatoms. The maximum atomic E-state index is 5.79. The summed E-state index contributed by atoms with van der Waals surface area (Å²) in [5, 5.41) is 0. The van der Waals surface area contributed by atoms with Gasteiger partial charge in [-0.1, -0.05) is 0 Å². The van der Waals surface area contributed by atoms with Crippen molar-refractivity contribution in [3.05, 3.63) is 48.8 Å². The molecule has 0 amide bonds. The number of pyridine rings is 1. The van der Waals surface area contributed by atoms with Gasteiger partial charge in [0.25, 0.3) is 0 Å². The fraction of sp³-hybridized carbons (Fsp3) is 0.353. The van der Waals surface area contributed by atoms with Crippen LogP contribution in [0.15, 0.2) is 53.7 Å². The first-order valence-corrected chi connectivity index (χ1v) is 9.11. The van der Waals surface area contributed by atoms with E-state index in [1.807, 2.05) is 36.2 Å². The average molecular weight is 332 g/mol. The first-order chi connectivity index (χ1) is 10.6. The quantitative estimate of drug-likeness (QED) is 0.755. The Kier molecular flexibility index (Phi) is 4.96. The summed E-state index contributed by atoms with van der Waals surface area (Å²) in [4.78, 5) is 5.24. The zero-order valence-electron chi connectivity index (χ0n) is 12.9. The zero-order chi connectivity index (χ0) is 15.4. The lowest BCUT2D eigenvalue weighted by Gasteiger charge is -2.36. The van der Waals surface area contributed by atoms with Crippen molar-refractivity contribution in [1.29, 1.82) is 0 Å². The summed E-state index contributed by atoms with van der Waals surface area (Å²) >= 11 is 3.89. The highest BCUT2D eigenvalue weighted by molar-refractivity contribution is 8.01. The minimum Gasteiger partial charge on any atom is -0.457 e. The third kappa shape index (κ3) is 4.41. The number of benzene rings is 1. The van der Waals surface area contributed by atoms with E-state index >= 15 is 0 Å². The van der Waals surface area contributed by atoms with Gasteiger partial charge in [0.1, 0.15) is 11.5 Å². The smallest absolute Gasteiger partial charge is 0.130 e. The highest BCUT2D eigenvalue weighted by atomic mass is 32.2. The van der Waals surface area contributed by atoms with E-state index in [4.69, 9.17) is 4.74 Å². The van der Waals surface area contributed by atoms with Gasteiger partial charge in [0.05, 0.1) is 0 Å². The van der Waals surface area contributed by atoms with E-state index in [2.05, 4.69) is 47.0 Å². The molecule has 0 radical (unpaired) electrons. The second-order valence-electron chi connectivity index (χ2n) is 5.82. The number of aromatic nitrogens is 1. The monoisotopic (exact) mass is 332 g/mol. The molecule has 1 aliphatic rings. The van der Waals surface area contributed by atoms with Crippen molar-refractivity contribution in [3.8, 4) is 11.5 Å². The van der Waals surface area contributed by atoms with Crippen molar-refractivity contribution in [2.24, 2.45) is 0 Å². The molecule has 2 aromatic rings. The highest BCUT2D eigenvalue weighted by Gasteiger charge is 2.27. The molecule has 3 rings (SSSR count). The van der Waals surface area contributed by atoms with E-state index in [1.165, 1.54) is 10.6 Å². The lowest BCUT2D eigenvalue weighted by molar-refractivity contribution is 0.433. The summed E-state index contributed by atoms with van der Waals surface area (Å²) in [5.74, 6) is 2.86. The third-order valence-corrected chi connectivity index (χ3v) is 5.68. The molecule has 0 aliphatic carbocycles. The summed E-state index contributed by atoms with van der Waals surface area (Å²) in [6.07, 6.45) is 3.46. The van der Waals surface area contributed by atoms with Crippen LogP contribution in [0.3, 0.4) is 0 Å². The van der Waals surface area contributed by atoms with Crippen LogP contribution in [0.5, 0.6) is 11.5 Å². The Morgan fingerprint density at radius 3 is 2.45 bits per heavy atom. The molecular formula is C17H20N2OS2. The van der Waals surface area contributed by atoms with Crippen molar-refractivity contribution >= 4 is 23.7 Å². The van der Waals surface area contributed by atoms with Gasteiger partial charge >= 0.3 is 0 Å².